The molecule has 1 unspecified atom stereocenters. The lowest BCUT2D eigenvalue weighted by Crippen LogP contribution is -2.42. The summed E-state index contributed by atoms with van der Waals surface area (Å²) in [5.41, 5.74) is 2.56. The van der Waals surface area contributed by atoms with E-state index in [0.29, 0.717) is 0 Å². The van der Waals surface area contributed by atoms with Gasteiger partial charge >= 0.3 is 0 Å². The molecule has 0 rings (SSSR count). The van der Waals surface area contributed by atoms with Crippen LogP contribution in [0.1, 0.15) is 13.8 Å². The lowest BCUT2D eigenvalue weighted by molar-refractivity contribution is -0.120. The second-order valence-electron chi connectivity index (χ2n) is 3.00. The van der Waals surface area contributed by atoms with Crippen LogP contribution in [-0.2, 0) is 14.6 Å². The summed E-state index contributed by atoms with van der Waals surface area (Å²) >= 11 is 0. The van der Waals surface area contributed by atoms with Gasteiger partial charge in [-0.2, -0.15) is 0 Å². The zero-order valence-electron chi connectivity index (χ0n) is 7.87. The fourth-order valence-corrected chi connectivity index (χ4v) is 1.75. The lowest BCUT2D eigenvalue weighted by atomic mass is 10.2. The van der Waals surface area contributed by atoms with Gasteiger partial charge in [0, 0.05) is 6.26 Å². The van der Waals surface area contributed by atoms with Crippen LogP contribution in [0.3, 0.4) is 0 Å². The number of nitrogens with two attached hydrogens (primary N) is 1. The third-order valence-corrected chi connectivity index (χ3v) is 2.62. The Morgan fingerprint density at radius 1 is 1.46 bits per heavy atom. The Hall–Kier alpha value is -0.880. The van der Waals surface area contributed by atoms with Crippen molar-refractivity contribution in [2.24, 2.45) is 5.84 Å². The van der Waals surface area contributed by atoms with Crippen LogP contribution in [-0.4, -0.2) is 25.8 Å². The Bertz CT molecular complexity index is 315. The lowest BCUT2D eigenvalue weighted by Gasteiger charge is -2.08. The average Bonchev–Trinajstić information content (AvgIpc) is 1.96. The van der Waals surface area contributed by atoms with Gasteiger partial charge in [0.25, 0.3) is 5.91 Å². The smallest absolute Gasteiger partial charge is 0.256 e. The summed E-state index contributed by atoms with van der Waals surface area (Å²) in [7, 11) is -3.44. The fraction of sp³-hybridized carbons (Fsp3) is 0.571. The van der Waals surface area contributed by atoms with Gasteiger partial charge in [0.1, 0.15) is 0 Å². The number of hydrogen-bond donors (Lipinski definition) is 2. The van der Waals surface area contributed by atoms with Crippen molar-refractivity contribution >= 4 is 15.7 Å². The van der Waals surface area contributed by atoms with Gasteiger partial charge in [-0.15, -0.1) is 0 Å². The molecule has 0 heterocycles. The highest BCUT2D eigenvalue weighted by atomic mass is 32.2. The molecule has 0 aliphatic carbocycles. The second kappa shape index (κ2) is 4.38. The maximum atomic E-state index is 11.1. The topological polar surface area (TPSA) is 89.3 Å². The molecular weight excluding hydrogens is 192 g/mol. The molecule has 0 aromatic rings. The summed E-state index contributed by atoms with van der Waals surface area (Å²) in [4.78, 5) is 11.0. The number of sulfone groups is 1. The highest BCUT2D eigenvalue weighted by Crippen LogP contribution is 2.04. The molecule has 76 valence electrons. The van der Waals surface area contributed by atoms with Crippen molar-refractivity contribution < 1.29 is 13.2 Å². The minimum atomic E-state index is -3.44. The van der Waals surface area contributed by atoms with Gasteiger partial charge in [0.2, 0.25) is 0 Å². The Morgan fingerprint density at radius 2 is 1.92 bits per heavy atom. The molecule has 1 atom stereocenters. The van der Waals surface area contributed by atoms with Gasteiger partial charge in [-0.1, -0.05) is 11.6 Å². The maximum Gasteiger partial charge on any atom is 0.256 e. The monoisotopic (exact) mass is 206 g/mol. The predicted molar refractivity (Wildman–Crippen MR) is 50.4 cm³/mol. The first-order valence-corrected chi connectivity index (χ1v) is 5.59. The van der Waals surface area contributed by atoms with E-state index >= 15 is 0 Å². The van der Waals surface area contributed by atoms with E-state index in [1.165, 1.54) is 6.08 Å². The van der Waals surface area contributed by atoms with Crippen LogP contribution in [0.4, 0.5) is 0 Å². The molecule has 0 aliphatic rings. The number of amides is 1. The zero-order chi connectivity index (χ0) is 10.6. The van der Waals surface area contributed by atoms with E-state index in [9.17, 15) is 13.2 Å². The van der Waals surface area contributed by atoms with Gasteiger partial charge in [-0.05, 0) is 13.8 Å². The number of hydrazine groups is 1. The third kappa shape index (κ3) is 4.05. The van der Waals surface area contributed by atoms with Crippen LogP contribution >= 0.6 is 0 Å². The molecule has 1 amide bonds. The third-order valence-electron chi connectivity index (χ3n) is 1.35. The van der Waals surface area contributed by atoms with Crippen LogP contribution < -0.4 is 11.3 Å². The highest BCUT2D eigenvalue weighted by Gasteiger charge is 2.25. The van der Waals surface area contributed by atoms with Crippen molar-refractivity contribution in [3.8, 4) is 0 Å². The number of carbonyl (C=O) groups excluding carboxylic acids is 1. The van der Waals surface area contributed by atoms with E-state index in [4.69, 9.17) is 5.84 Å². The Labute approximate surface area is 77.9 Å². The van der Waals surface area contributed by atoms with Crippen molar-refractivity contribution in [1.29, 1.82) is 0 Å². The molecule has 0 saturated carbocycles. The van der Waals surface area contributed by atoms with E-state index < -0.39 is 21.0 Å². The Kier molecular flexibility index (Phi) is 4.09. The number of nitrogens with one attached hydrogen (secondary N) is 1. The molecule has 0 aliphatic heterocycles. The predicted octanol–water partition coefficient (Wildman–Crippen LogP) is -0.644. The number of rotatable bonds is 3. The molecule has 3 N–H and O–H groups in total. The van der Waals surface area contributed by atoms with Crippen molar-refractivity contribution in [2.75, 3.05) is 6.26 Å². The SMILES string of the molecule is CC(C)=CC(C(=O)NN)S(C)(=O)=O. The van der Waals surface area contributed by atoms with E-state index in [1.807, 2.05) is 5.43 Å². The summed E-state index contributed by atoms with van der Waals surface area (Å²) in [6.45, 7) is 3.42. The van der Waals surface area contributed by atoms with Gasteiger partial charge in [0.15, 0.2) is 15.1 Å². The standard InChI is InChI=1S/C7H14N2O3S/c1-5(2)4-6(7(10)9-8)13(3,11)12/h4,6H,8H2,1-3H3,(H,9,10). The summed E-state index contributed by atoms with van der Waals surface area (Å²) in [5.74, 6) is 4.13. The molecule has 0 fully saturated rings. The highest BCUT2D eigenvalue weighted by molar-refractivity contribution is 7.92. The minimum Gasteiger partial charge on any atom is -0.293 e. The normalized spacial score (nSPS) is 13.2. The Morgan fingerprint density at radius 3 is 2.15 bits per heavy atom. The van der Waals surface area contributed by atoms with Gasteiger partial charge in [-0.3, -0.25) is 10.2 Å². The molecule has 0 saturated heterocycles. The van der Waals surface area contributed by atoms with Crippen molar-refractivity contribution in [1.82, 2.24) is 5.43 Å². The average molecular weight is 206 g/mol. The van der Waals surface area contributed by atoms with Crippen LogP contribution in [0, 0.1) is 0 Å². The maximum absolute atomic E-state index is 11.1. The first kappa shape index (κ1) is 12.1. The first-order chi connectivity index (χ1) is 5.79. The molecule has 5 nitrogen and oxygen atoms in total. The summed E-state index contributed by atoms with van der Waals surface area (Å²) in [6.07, 6.45) is 2.35. The van der Waals surface area contributed by atoms with E-state index in [1.54, 1.807) is 13.8 Å². The van der Waals surface area contributed by atoms with Gasteiger partial charge in [0.05, 0.1) is 0 Å². The number of allylic oxidation sites excluding steroid dienone is 1. The molecule has 0 aromatic heterocycles. The van der Waals surface area contributed by atoms with Crippen LogP contribution in [0.5, 0.6) is 0 Å². The van der Waals surface area contributed by atoms with E-state index in [-0.39, 0.29) is 0 Å². The summed E-state index contributed by atoms with van der Waals surface area (Å²) < 4.78 is 22.2. The van der Waals surface area contributed by atoms with Crippen molar-refractivity contribution in [3.63, 3.8) is 0 Å². The van der Waals surface area contributed by atoms with Gasteiger partial charge < -0.3 is 0 Å². The molecule has 0 radical (unpaired) electrons. The molecule has 0 spiro atoms. The van der Waals surface area contributed by atoms with Crippen LogP contribution in [0.15, 0.2) is 11.6 Å². The molecular formula is C7H14N2O3S. The quantitative estimate of drug-likeness (QED) is 0.278. The minimum absolute atomic E-state index is 0.719. The zero-order valence-corrected chi connectivity index (χ0v) is 8.68. The van der Waals surface area contributed by atoms with E-state index in [2.05, 4.69) is 0 Å². The fourth-order valence-electron chi connectivity index (χ4n) is 0.779. The van der Waals surface area contributed by atoms with Crippen LogP contribution in [0.25, 0.3) is 0 Å². The summed E-state index contributed by atoms with van der Waals surface area (Å²) in [6, 6.07) is 0. The summed E-state index contributed by atoms with van der Waals surface area (Å²) in [5, 5.41) is -1.19. The van der Waals surface area contributed by atoms with Gasteiger partial charge in [-0.25, -0.2) is 14.3 Å². The largest absolute Gasteiger partial charge is 0.293 e. The number of carbonyl (C=O) groups is 1. The second-order valence-corrected chi connectivity index (χ2v) is 5.17. The van der Waals surface area contributed by atoms with Crippen molar-refractivity contribution in [3.05, 3.63) is 11.6 Å². The molecule has 0 bridgehead atoms. The van der Waals surface area contributed by atoms with Crippen LogP contribution in [0.2, 0.25) is 0 Å². The van der Waals surface area contributed by atoms with Crippen molar-refractivity contribution in [2.45, 2.75) is 19.1 Å². The molecule has 0 aromatic carbocycles. The molecule has 6 heteroatoms. The first-order valence-electron chi connectivity index (χ1n) is 3.63. The number of hydrogen-bond acceptors (Lipinski definition) is 4. The Balaban J connectivity index is 5.01. The molecule has 13 heavy (non-hydrogen) atoms. The van der Waals surface area contributed by atoms with E-state index in [0.717, 1.165) is 11.8 Å².